The third-order valence-electron chi connectivity index (χ3n) is 4.77. The highest BCUT2D eigenvalue weighted by atomic mass is 19.1. The monoisotopic (exact) mass is 413 g/mol. The predicted molar refractivity (Wildman–Crippen MR) is 111 cm³/mol. The Morgan fingerprint density at radius 3 is 2.70 bits per heavy atom. The summed E-state index contributed by atoms with van der Waals surface area (Å²) in [5.74, 6) is -0.956. The molecule has 0 unspecified atom stereocenters. The Morgan fingerprint density at radius 1 is 1.17 bits per heavy atom. The number of halogens is 2. The number of amides is 1. The van der Waals surface area contributed by atoms with Gasteiger partial charge in [-0.1, -0.05) is 25.5 Å². The van der Waals surface area contributed by atoms with Crippen LogP contribution in [-0.2, 0) is 6.54 Å². The van der Waals surface area contributed by atoms with Crippen LogP contribution < -0.4 is 10.1 Å². The minimum absolute atomic E-state index is 0.0907. The highest BCUT2D eigenvalue weighted by Crippen LogP contribution is 2.21. The molecule has 0 saturated carbocycles. The summed E-state index contributed by atoms with van der Waals surface area (Å²) in [4.78, 5) is 12.8. The molecule has 0 aliphatic rings. The van der Waals surface area contributed by atoms with Crippen molar-refractivity contribution < 1.29 is 18.3 Å². The summed E-state index contributed by atoms with van der Waals surface area (Å²) >= 11 is 0. The summed E-state index contributed by atoms with van der Waals surface area (Å²) in [5, 5.41) is 7.15. The molecule has 3 rings (SSSR count). The number of aromatic nitrogens is 2. The van der Waals surface area contributed by atoms with Gasteiger partial charge in [-0.2, -0.15) is 5.10 Å². The summed E-state index contributed by atoms with van der Waals surface area (Å²) in [6.07, 6.45) is 2.04. The van der Waals surface area contributed by atoms with E-state index in [4.69, 9.17) is 4.74 Å². The van der Waals surface area contributed by atoms with Crippen LogP contribution in [0.25, 0.3) is 5.69 Å². The van der Waals surface area contributed by atoms with Crippen LogP contribution in [0.4, 0.5) is 8.78 Å². The molecule has 1 amide bonds. The highest BCUT2D eigenvalue weighted by Gasteiger charge is 2.21. The van der Waals surface area contributed by atoms with E-state index in [1.165, 1.54) is 10.7 Å². The molecule has 0 aliphatic carbocycles. The van der Waals surface area contributed by atoms with Gasteiger partial charge in [-0.25, -0.2) is 13.5 Å². The van der Waals surface area contributed by atoms with Gasteiger partial charge in [0, 0.05) is 12.6 Å². The molecule has 30 heavy (non-hydrogen) atoms. The Bertz CT molecular complexity index is 1050. The summed E-state index contributed by atoms with van der Waals surface area (Å²) < 4.78 is 34.4. The van der Waals surface area contributed by atoms with Crippen LogP contribution in [0.2, 0.25) is 0 Å². The molecule has 0 saturated heterocycles. The van der Waals surface area contributed by atoms with Crippen molar-refractivity contribution in [2.24, 2.45) is 0 Å². The summed E-state index contributed by atoms with van der Waals surface area (Å²) in [7, 11) is 0. The van der Waals surface area contributed by atoms with Crippen molar-refractivity contribution in [2.45, 2.75) is 40.2 Å². The minimum Gasteiger partial charge on any atom is -0.494 e. The van der Waals surface area contributed by atoms with Gasteiger partial charge in [0.15, 0.2) is 5.82 Å². The average molecular weight is 413 g/mol. The van der Waals surface area contributed by atoms with Gasteiger partial charge in [0.25, 0.3) is 5.91 Å². The average Bonchev–Trinajstić information content (AvgIpc) is 3.01. The molecule has 0 fully saturated rings. The van der Waals surface area contributed by atoms with Gasteiger partial charge in [-0.05, 0) is 50.1 Å². The van der Waals surface area contributed by atoms with E-state index in [1.54, 1.807) is 13.8 Å². The molecule has 2 aromatic carbocycles. The van der Waals surface area contributed by atoms with E-state index in [2.05, 4.69) is 17.3 Å². The van der Waals surface area contributed by atoms with Crippen LogP contribution in [0, 0.1) is 25.5 Å². The van der Waals surface area contributed by atoms with Crippen LogP contribution in [0.1, 0.15) is 47.1 Å². The van der Waals surface area contributed by atoms with Crippen LogP contribution in [0.5, 0.6) is 5.75 Å². The quantitative estimate of drug-likeness (QED) is 0.536. The van der Waals surface area contributed by atoms with Gasteiger partial charge in [-0.15, -0.1) is 0 Å². The zero-order valence-corrected chi connectivity index (χ0v) is 17.3. The Morgan fingerprint density at radius 2 is 1.97 bits per heavy atom. The number of hydrogen-bond acceptors (Lipinski definition) is 3. The molecule has 7 heteroatoms. The molecule has 5 nitrogen and oxygen atoms in total. The van der Waals surface area contributed by atoms with Crippen molar-refractivity contribution >= 4 is 5.91 Å². The van der Waals surface area contributed by atoms with Crippen molar-refractivity contribution in [1.82, 2.24) is 15.1 Å². The zero-order chi connectivity index (χ0) is 21.7. The maximum Gasteiger partial charge on any atom is 0.255 e. The smallest absolute Gasteiger partial charge is 0.255 e. The first kappa shape index (κ1) is 21.5. The largest absolute Gasteiger partial charge is 0.494 e. The van der Waals surface area contributed by atoms with Gasteiger partial charge in [0.05, 0.1) is 23.6 Å². The standard InChI is InChI=1S/C23H25F2N3O2/c1-4-5-11-30-19-8-6-7-17(12-19)14-26-23(29)22-15(2)27-28(16(22)3)21-10-9-18(24)13-20(21)25/h6-10,12-13H,4-5,11,14H2,1-3H3,(H,26,29). The second-order valence-electron chi connectivity index (χ2n) is 7.09. The first-order valence-electron chi connectivity index (χ1n) is 9.92. The maximum atomic E-state index is 14.2. The van der Waals surface area contributed by atoms with Gasteiger partial charge in [0.2, 0.25) is 0 Å². The van der Waals surface area contributed by atoms with E-state index in [9.17, 15) is 13.6 Å². The minimum atomic E-state index is -0.743. The molecule has 0 radical (unpaired) electrons. The number of nitrogens with zero attached hydrogens (tertiary/aromatic N) is 2. The number of benzene rings is 2. The van der Waals surface area contributed by atoms with Crippen molar-refractivity contribution in [3.05, 3.63) is 76.6 Å². The number of unbranched alkanes of at least 4 members (excludes halogenated alkanes) is 1. The number of carbonyl (C=O) groups excluding carboxylic acids is 1. The SMILES string of the molecule is CCCCOc1cccc(CNC(=O)c2c(C)nn(-c3ccc(F)cc3F)c2C)c1. The molecular formula is C23H25F2N3O2. The van der Waals surface area contributed by atoms with Gasteiger partial charge in [-0.3, -0.25) is 4.79 Å². The van der Waals surface area contributed by atoms with Crippen molar-refractivity contribution in [3.8, 4) is 11.4 Å². The first-order valence-corrected chi connectivity index (χ1v) is 9.92. The molecule has 0 bridgehead atoms. The molecule has 1 N–H and O–H groups in total. The topological polar surface area (TPSA) is 56.1 Å². The first-order chi connectivity index (χ1) is 14.4. The molecule has 1 aromatic heterocycles. The highest BCUT2D eigenvalue weighted by molar-refractivity contribution is 5.96. The Balaban J connectivity index is 1.74. The predicted octanol–water partition coefficient (Wildman–Crippen LogP) is 4.88. The molecule has 0 aliphatic heterocycles. The lowest BCUT2D eigenvalue weighted by molar-refractivity contribution is 0.0949. The number of rotatable bonds is 8. The number of carbonyl (C=O) groups is 1. The van der Waals surface area contributed by atoms with Crippen LogP contribution in [0.15, 0.2) is 42.5 Å². The van der Waals surface area contributed by atoms with Gasteiger partial charge < -0.3 is 10.1 Å². The second-order valence-corrected chi connectivity index (χ2v) is 7.09. The van der Waals surface area contributed by atoms with E-state index >= 15 is 0 Å². The molecule has 158 valence electrons. The summed E-state index contributed by atoms with van der Waals surface area (Å²) in [5.41, 5.74) is 2.31. The molecular weight excluding hydrogens is 388 g/mol. The van der Waals surface area contributed by atoms with Crippen LogP contribution in [-0.4, -0.2) is 22.3 Å². The van der Waals surface area contributed by atoms with E-state index in [0.29, 0.717) is 30.1 Å². The van der Waals surface area contributed by atoms with Crippen molar-refractivity contribution in [3.63, 3.8) is 0 Å². The van der Waals surface area contributed by atoms with E-state index in [0.717, 1.165) is 36.3 Å². The third-order valence-corrected chi connectivity index (χ3v) is 4.77. The molecule has 3 aromatic rings. The fourth-order valence-electron chi connectivity index (χ4n) is 3.21. The van der Waals surface area contributed by atoms with E-state index in [1.807, 2.05) is 24.3 Å². The van der Waals surface area contributed by atoms with Gasteiger partial charge in [0.1, 0.15) is 17.3 Å². The number of ether oxygens (including phenoxy) is 1. The zero-order valence-electron chi connectivity index (χ0n) is 17.3. The summed E-state index contributed by atoms with van der Waals surface area (Å²) in [6.45, 7) is 6.44. The lowest BCUT2D eigenvalue weighted by atomic mass is 10.1. The Hall–Kier alpha value is -3.22. The number of nitrogens with one attached hydrogen (secondary N) is 1. The van der Waals surface area contributed by atoms with Crippen molar-refractivity contribution in [2.75, 3.05) is 6.61 Å². The molecule has 1 heterocycles. The van der Waals surface area contributed by atoms with Gasteiger partial charge >= 0.3 is 0 Å². The molecule has 0 spiro atoms. The Labute approximate surface area is 174 Å². The maximum absolute atomic E-state index is 14.2. The Kier molecular flexibility index (Phi) is 6.82. The fraction of sp³-hybridized carbons (Fsp3) is 0.304. The number of aryl methyl sites for hydroxylation is 1. The molecule has 0 atom stereocenters. The van der Waals surface area contributed by atoms with E-state index in [-0.39, 0.29) is 11.6 Å². The lowest BCUT2D eigenvalue weighted by Gasteiger charge is -2.09. The third kappa shape index (κ3) is 4.84. The normalized spacial score (nSPS) is 10.8. The van der Waals surface area contributed by atoms with E-state index < -0.39 is 11.6 Å². The lowest BCUT2D eigenvalue weighted by Crippen LogP contribution is -2.24. The number of hydrogen-bond donors (Lipinski definition) is 1. The second kappa shape index (κ2) is 9.52. The summed E-state index contributed by atoms with van der Waals surface area (Å²) in [6, 6.07) is 10.8. The van der Waals surface area contributed by atoms with Crippen molar-refractivity contribution in [1.29, 1.82) is 0 Å². The van der Waals surface area contributed by atoms with Crippen LogP contribution >= 0.6 is 0 Å². The van der Waals surface area contributed by atoms with Crippen LogP contribution in [0.3, 0.4) is 0 Å². The fourth-order valence-corrected chi connectivity index (χ4v) is 3.21.